The van der Waals surface area contributed by atoms with Gasteiger partial charge in [0.25, 0.3) is 0 Å². The summed E-state index contributed by atoms with van der Waals surface area (Å²) in [6.07, 6.45) is 0. The molecule has 6 nitrogen and oxygen atoms in total. The zero-order chi connectivity index (χ0) is 6.57. The summed E-state index contributed by atoms with van der Waals surface area (Å²) < 4.78 is 0. The largest absolute Gasteiger partial charge is 1.00 e. The van der Waals surface area contributed by atoms with E-state index in [1.54, 1.807) is 0 Å². The molecule has 0 atom stereocenters. The number of carbonyl (C=O) groups excluding carboxylic acids is 1. The van der Waals surface area contributed by atoms with Crippen molar-refractivity contribution in [2.45, 2.75) is 0 Å². The Morgan fingerprint density at radius 2 is 1.70 bits per heavy atom. The van der Waals surface area contributed by atoms with Crippen LogP contribution in [-0.2, 0) is 0 Å². The third kappa shape index (κ3) is 15.7. The van der Waals surface area contributed by atoms with Crippen LogP contribution in [-0.4, -0.2) is 16.6 Å². The minimum Gasteiger partial charge on any atom is -0.870 e. The van der Waals surface area contributed by atoms with E-state index in [9.17, 15) is 4.79 Å². The topological polar surface area (TPSA) is 123 Å². The summed E-state index contributed by atoms with van der Waals surface area (Å²) in [7, 11) is 0. The molecule has 0 spiro atoms. The first-order chi connectivity index (χ1) is 3.63. The molecule has 0 aliphatic rings. The Bertz CT molecular complexity index is 106. The van der Waals surface area contributed by atoms with Crippen LogP contribution in [0.3, 0.4) is 0 Å². The molecule has 10 heavy (non-hydrogen) atoms. The van der Waals surface area contributed by atoms with Crippen molar-refractivity contribution in [1.29, 1.82) is 0 Å². The molecule has 0 aromatic heterocycles. The van der Waals surface area contributed by atoms with E-state index in [1.165, 1.54) is 0 Å². The summed E-state index contributed by atoms with van der Waals surface area (Å²) in [5.74, 6) is 0. The number of rotatable bonds is 0. The van der Waals surface area contributed by atoms with Crippen LogP contribution in [0.1, 0.15) is 0 Å². The van der Waals surface area contributed by atoms with Crippen molar-refractivity contribution in [3.8, 4) is 0 Å². The van der Waals surface area contributed by atoms with Crippen molar-refractivity contribution in [2.75, 3.05) is 0 Å². The summed E-state index contributed by atoms with van der Waals surface area (Å²) in [5, 5.41) is -0.0243. The Morgan fingerprint density at radius 3 is 1.80 bits per heavy atom. The molecule has 2 amide bonds. The Labute approximate surface area is 85.3 Å². The van der Waals surface area contributed by atoms with E-state index >= 15 is 0 Å². The van der Waals surface area contributed by atoms with Crippen molar-refractivity contribution in [2.24, 2.45) is 11.5 Å². The number of hydrogen-bond donors (Lipinski definition) is 4. The van der Waals surface area contributed by atoms with Crippen molar-refractivity contribution in [3.63, 3.8) is 0 Å². The van der Waals surface area contributed by atoms with Gasteiger partial charge >= 0.3 is 35.6 Å². The molecule has 0 radical (unpaired) electrons. The summed E-state index contributed by atoms with van der Waals surface area (Å²) in [5.41, 5.74) is 13.6. The SMILES string of the molecule is NC(=O)NNC(N)=S.[Na+].[OH-]. The van der Waals surface area contributed by atoms with Gasteiger partial charge in [0.2, 0.25) is 0 Å². The number of primary amides is 1. The number of hydrogen-bond acceptors (Lipinski definition) is 3. The summed E-state index contributed by atoms with van der Waals surface area (Å²) in [6.45, 7) is 0. The third-order valence-electron chi connectivity index (χ3n) is 0.309. The minimum atomic E-state index is -0.724. The fourth-order valence-corrected chi connectivity index (χ4v) is 0.174. The second kappa shape index (κ2) is 8.92. The van der Waals surface area contributed by atoms with Crippen molar-refractivity contribution in [3.05, 3.63) is 0 Å². The number of nitrogens with one attached hydrogen (secondary N) is 2. The molecule has 8 heteroatoms. The van der Waals surface area contributed by atoms with Gasteiger partial charge < -0.3 is 16.9 Å². The Hall–Kier alpha value is -0.0800. The maximum Gasteiger partial charge on any atom is 1.00 e. The van der Waals surface area contributed by atoms with E-state index in [2.05, 4.69) is 23.4 Å². The normalized spacial score (nSPS) is 6.00. The monoisotopic (exact) mass is 174 g/mol. The average Bonchev–Trinajstić information content (AvgIpc) is 1.61. The van der Waals surface area contributed by atoms with Crippen LogP contribution in [0.2, 0.25) is 0 Å². The fourth-order valence-electron chi connectivity index (χ4n) is 0.123. The molecule has 0 heterocycles. The van der Waals surface area contributed by atoms with Crippen LogP contribution in [0.4, 0.5) is 4.79 Å². The second-order valence-electron chi connectivity index (χ2n) is 0.979. The molecule has 0 unspecified atom stereocenters. The zero-order valence-electron chi connectivity index (χ0n) is 5.42. The summed E-state index contributed by atoms with van der Waals surface area (Å²) in [4.78, 5) is 9.84. The molecular formula is C2H7N4NaO2S. The van der Waals surface area contributed by atoms with Gasteiger partial charge in [-0.3, -0.25) is 5.43 Å². The van der Waals surface area contributed by atoms with Crippen LogP contribution in [0.25, 0.3) is 0 Å². The predicted octanol–water partition coefficient (Wildman–Crippen LogP) is -4.77. The van der Waals surface area contributed by atoms with E-state index in [0.29, 0.717) is 0 Å². The van der Waals surface area contributed by atoms with Crippen LogP contribution in [0.15, 0.2) is 0 Å². The van der Waals surface area contributed by atoms with Gasteiger partial charge in [-0.2, -0.15) is 0 Å². The molecule has 0 bridgehead atoms. The Morgan fingerprint density at radius 1 is 1.30 bits per heavy atom. The van der Waals surface area contributed by atoms with E-state index in [1.807, 2.05) is 5.43 Å². The van der Waals surface area contributed by atoms with Gasteiger partial charge in [0.05, 0.1) is 0 Å². The summed E-state index contributed by atoms with van der Waals surface area (Å²) >= 11 is 4.31. The van der Waals surface area contributed by atoms with Gasteiger partial charge in [-0.1, -0.05) is 0 Å². The van der Waals surface area contributed by atoms with E-state index in [4.69, 9.17) is 5.73 Å². The molecular weight excluding hydrogens is 167 g/mol. The number of nitrogens with two attached hydrogens (primary N) is 2. The second-order valence-corrected chi connectivity index (χ2v) is 1.42. The van der Waals surface area contributed by atoms with Crippen molar-refractivity contribution < 1.29 is 39.8 Å². The van der Waals surface area contributed by atoms with Crippen LogP contribution < -0.4 is 51.9 Å². The minimum absolute atomic E-state index is 0. The molecule has 0 aromatic rings. The van der Waals surface area contributed by atoms with Gasteiger partial charge in [0.1, 0.15) is 0 Å². The molecule has 0 saturated carbocycles. The van der Waals surface area contributed by atoms with Gasteiger partial charge in [-0.05, 0) is 12.2 Å². The van der Waals surface area contributed by atoms with Crippen LogP contribution in [0.5, 0.6) is 0 Å². The molecule has 54 valence electrons. The first-order valence-corrected chi connectivity index (χ1v) is 2.14. The predicted molar refractivity (Wildman–Crippen MR) is 34.6 cm³/mol. The zero-order valence-corrected chi connectivity index (χ0v) is 8.23. The molecule has 0 rings (SSSR count). The smallest absolute Gasteiger partial charge is 0.870 e. The van der Waals surface area contributed by atoms with Gasteiger partial charge in [-0.25, -0.2) is 10.2 Å². The Kier molecular flexibility index (Phi) is 14.7. The summed E-state index contributed by atoms with van der Waals surface area (Å²) in [6, 6.07) is -0.724. The van der Waals surface area contributed by atoms with Gasteiger partial charge in [-0.15, -0.1) is 0 Å². The number of thiocarbonyl (C=S) groups is 1. The molecule has 0 aliphatic carbocycles. The molecule has 0 aromatic carbocycles. The van der Waals surface area contributed by atoms with Gasteiger partial charge in [0, 0.05) is 0 Å². The maximum absolute atomic E-state index is 9.84. The van der Waals surface area contributed by atoms with Crippen molar-refractivity contribution in [1.82, 2.24) is 10.9 Å². The van der Waals surface area contributed by atoms with Crippen molar-refractivity contribution >= 4 is 23.4 Å². The molecule has 0 saturated heterocycles. The molecule has 0 aliphatic heterocycles. The van der Waals surface area contributed by atoms with Crippen LogP contribution in [0, 0.1) is 0 Å². The van der Waals surface area contributed by atoms with E-state index in [0.717, 1.165) is 0 Å². The van der Waals surface area contributed by atoms with E-state index < -0.39 is 6.03 Å². The third-order valence-corrected chi connectivity index (χ3v) is 0.411. The van der Waals surface area contributed by atoms with Gasteiger partial charge in [0.15, 0.2) is 5.11 Å². The molecule has 0 fully saturated rings. The first kappa shape index (κ1) is 16.5. The standard InChI is InChI=1S/C2H6N4OS.Na.H2O/c3-1(7)5-6-2(4)8;;/h(H3,3,5,7)(H3,4,6,8);;1H2/q;+1;/p-1. The number of carbonyl (C=O) groups is 1. The quantitative estimate of drug-likeness (QED) is 0.167. The number of urea groups is 1. The average molecular weight is 174 g/mol. The number of amides is 2. The first-order valence-electron chi connectivity index (χ1n) is 1.74. The van der Waals surface area contributed by atoms with Crippen LogP contribution >= 0.6 is 12.2 Å². The Balaban J connectivity index is -0.000000245. The fraction of sp³-hybridized carbons (Fsp3) is 0. The number of hydrazine groups is 1. The maximum atomic E-state index is 9.84. The molecule has 7 N–H and O–H groups in total. The van der Waals surface area contributed by atoms with E-state index in [-0.39, 0.29) is 40.1 Å².